The molecule has 102 valence electrons. The Labute approximate surface area is 116 Å². The molecule has 3 rings (SSSR count). The van der Waals surface area contributed by atoms with Crippen LogP contribution >= 0.6 is 0 Å². The number of benzene rings is 2. The number of hydrogen-bond acceptors (Lipinski definition) is 3. The molecule has 0 amide bonds. The normalized spacial score (nSPS) is 14.9. The van der Waals surface area contributed by atoms with Gasteiger partial charge in [-0.2, -0.15) is 0 Å². The molecule has 2 aromatic rings. The number of fused-ring (bicyclic) bond motifs is 3. The lowest BCUT2D eigenvalue weighted by atomic mass is 9.84. The van der Waals surface area contributed by atoms with Gasteiger partial charge in [-0.1, -0.05) is 24.3 Å². The minimum absolute atomic E-state index is 0.120. The SMILES string of the molecule is CC1(C)Oc2ccc(O)c(C(=O)O)c2-c2ccccc21. The molecule has 0 saturated heterocycles. The lowest BCUT2D eigenvalue weighted by Crippen LogP contribution is -2.29. The van der Waals surface area contributed by atoms with Gasteiger partial charge in [-0.25, -0.2) is 4.79 Å². The summed E-state index contributed by atoms with van der Waals surface area (Å²) in [4.78, 5) is 11.4. The largest absolute Gasteiger partial charge is 0.507 e. The highest BCUT2D eigenvalue weighted by molar-refractivity contribution is 6.01. The van der Waals surface area contributed by atoms with E-state index in [9.17, 15) is 15.0 Å². The van der Waals surface area contributed by atoms with Crippen molar-refractivity contribution in [3.05, 3.63) is 47.5 Å². The smallest absolute Gasteiger partial charge is 0.340 e. The number of carboxylic acids is 1. The number of aromatic hydroxyl groups is 1. The molecule has 2 N–H and O–H groups in total. The summed E-state index contributed by atoms with van der Waals surface area (Å²) in [7, 11) is 0. The molecule has 0 atom stereocenters. The van der Waals surface area contributed by atoms with Gasteiger partial charge in [-0.15, -0.1) is 0 Å². The van der Waals surface area contributed by atoms with Crippen molar-refractivity contribution in [1.29, 1.82) is 0 Å². The average Bonchev–Trinajstić information content (AvgIpc) is 2.39. The van der Waals surface area contributed by atoms with Gasteiger partial charge in [0.1, 0.15) is 22.7 Å². The van der Waals surface area contributed by atoms with Crippen molar-refractivity contribution >= 4 is 5.97 Å². The number of ether oxygens (including phenoxy) is 1. The van der Waals surface area contributed by atoms with Crippen LogP contribution in [0.2, 0.25) is 0 Å². The molecule has 0 aromatic heterocycles. The van der Waals surface area contributed by atoms with Gasteiger partial charge in [0.2, 0.25) is 0 Å². The van der Waals surface area contributed by atoms with E-state index in [-0.39, 0.29) is 11.3 Å². The van der Waals surface area contributed by atoms with E-state index in [0.29, 0.717) is 11.3 Å². The van der Waals surface area contributed by atoms with Gasteiger partial charge in [0, 0.05) is 11.1 Å². The molecule has 1 aliphatic rings. The lowest BCUT2D eigenvalue weighted by Gasteiger charge is -2.35. The molecule has 2 aromatic carbocycles. The van der Waals surface area contributed by atoms with Crippen LogP contribution in [-0.2, 0) is 5.60 Å². The topological polar surface area (TPSA) is 66.8 Å². The number of rotatable bonds is 1. The Kier molecular flexibility index (Phi) is 2.51. The predicted molar refractivity (Wildman–Crippen MR) is 74.2 cm³/mol. The maximum Gasteiger partial charge on any atom is 0.340 e. The fourth-order valence-electron chi connectivity index (χ4n) is 2.70. The second-order valence-electron chi connectivity index (χ2n) is 5.30. The van der Waals surface area contributed by atoms with Crippen molar-refractivity contribution in [3.8, 4) is 22.6 Å². The highest BCUT2D eigenvalue weighted by atomic mass is 16.5. The molecule has 0 unspecified atom stereocenters. The van der Waals surface area contributed by atoms with Crippen LogP contribution in [0.1, 0.15) is 29.8 Å². The number of aromatic carboxylic acids is 1. The molecule has 0 fully saturated rings. The van der Waals surface area contributed by atoms with E-state index in [1.54, 1.807) is 6.07 Å². The summed E-state index contributed by atoms with van der Waals surface area (Å²) in [5, 5.41) is 19.2. The first-order chi connectivity index (χ1) is 9.42. The average molecular weight is 270 g/mol. The van der Waals surface area contributed by atoms with Crippen LogP contribution in [0.5, 0.6) is 11.5 Å². The van der Waals surface area contributed by atoms with Gasteiger partial charge < -0.3 is 14.9 Å². The van der Waals surface area contributed by atoms with E-state index in [1.807, 2.05) is 38.1 Å². The summed E-state index contributed by atoms with van der Waals surface area (Å²) in [5.74, 6) is -0.948. The van der Waals surface area contributed by atoms with Crippen LogP contribution in [0.4, 0.5) is 0 Å². The maximum atomic E-state index is 11.4. The monoisotopic (exact) mass is 270 g/mol. The summed E-state index contributed by atoms with van der Waals surface area (Å²) in [6.45, 7) is 3.87. The van der Waals surface area contributed by atoms with E-state index in [1.165, 1.54) is 6.07 Å². The lowest BCUT2D eigenvalue weighted by molar-refractivity contribution is 0.0689. The van der Waals surface area contributed by atoms with Gasteiger partial charge in [0.15, 0.2) is 0 Å². The Morgan fingerprint density at radius 3 is 2.55 bits per heavy atom. The summed E-state index contributed by atoms with van der Waals surface area (Å²) in [6, 6.07) is 10.5. The third-order valence-corrected chi connectivity index (χ3v) is 3.57. The highest BCUT2D eigenvalue weighted by Crippen LogP contribution is 2.48. The van der Waals surface area contributed by atoms with Crippen molar-refractivity contribution in [2.45, 2.75) is 19.4 Å². The molecule has 0 aliphatic carbocycles. The summed E-state index contributed by atoms with van der Waals surface area (Å²) >= 11 is 0. The maximum absolute atomic E-state index is 11.4. The minimum atomic E-state index is -1.17. The fraction of sp³-hybridized carbons (Fsp3) is 0.188. The first kappa shape index (κ1) is 12.5. The zero-order valence-corrected chi connectivity index (χ0v) is 11.2. The molecular formula is C16H14O4. The molecule has 4 heteroatoms. The Morgan fingerprint density at radius 2 is 1.85 bits per heavy atom. The summed E-state index contributed by atoms with van der Waals surface area (Å²) < 4.78 is 5.92. The number of carbonyl (C=O) groups is 1. The number of phenols is 1. The van der Waals surface area contributed by atoms with Gasteiger partial charge in [-0.3, -0.25) is 0 Å². The van der Waals surface area contributed by atoms with E-state index in [4.69, 9.17) is 4.74 Å². The third kappa shape index (κ3) is 1.65. The first-order valence-electron chi connectivity index (χ1n) is 6.30. The van der Waals surface area contributed by atoms with Crippen LogP contribution in [0.25, 0.3) is 11.1 Å². The van der Waals surface area contributed by atoms with Gasteiger partial charge in [-0.05, 0) is 31.5 Å². The second-order valence-corrected chi connectivity index (χ2v) is 5.30. The summed E-state index contributed by atoms with van der Waals surface area (Å²) in [5.41, 5.74) is 1.46. The zero-order chi connectivity index (χ0) is 14.5. The van der Waals surface area contributed by atoms with E-state index in [2.05, 4.69) is 0 Å². The molecule has 0 saturated carbocycles. The van der Waals surface area contributed by atoms with E-state index in [0.717, 1.165) is 11.1 Å². The molecular weight excluding hydrogens is 256 g/mol. The fourth-order valence-corrected chi connectivity index (χ4v) is 2.70. The molecule has 0 radical (unpaired) electrons. The Morgan fingerprint density at radius 1 is 1.15 bits per heavy atom. The molecule has 20 heavy (non-hydrogen) atoms. The van der Waals surface area contributed by atoms with Crippen molar-refractivity contribution in [2.24, 2.45) is 0 Å². The van der Waals surface area contributed by atoms with E-state index >= 15 is 0 Å². The second kappa shape index (κ2) is 4.00. The van der Waals surface area contributed by atoms with Gasteiger partial charge in [0.25, 0.3) is 0 Å². The number of hydrogen-bond donors (Lipinski definition) is 2. The van der Waals surface area contributed by atoms with Crippen LogP contribution < -0.4 is 4.74 Å². The zero-order valence-electron chi connectivity index (χ0n) is 11.2. The standard InChI is InChI=1S/C16H14O4/c1-16(2)10-6-4-3-5-9(10)13-12(20-16)8-7-11(17)14(13)15(18)19/h3-8,17H,1-2H3,(H,18,19). The van der Waals surface area contributed by atoms with Crippen molar-refractivity contribution < 1.29 is 19.7 Å². The van der Waals surface area contributed by atoms with Crippen LogP contribution in [0.3, 0.4) is 0 Å². The van der Waals surface area contributed by atoms with E-state index < -0.39 is 11.6 Å². The molecule has 1 heterocycles. The Balaban J connectivity index is 2.41. The van der Waals surface area contributed by atoms with Gasteiger partial charge in [0.05, 0.1) is 0 Å². The van der Waals surface area contributed by atoms with Crippen molar-refractivity contribution in [2.75, 3.05) is 0 Å². The van der Waals surface area contributed by atoms with Crippen molar-refractivity contribution in [1.82, 2.24) is 0 Å². The van der Waals surface area contributed by atoms with Crippen molar-refractivity contribution in [3.63, 3.8) is 0 Å². The van der Waals surface area contributed by atoms with Crippen LogP contribution in [0.15, 0.2) is 36.4 Å². The summed E-state index contributed by atoms with van der Waals surface area (Å²) in [6.07, 6.45) is 0. The minimum Gasteiger partial charge on any atom is -0.507 e. The number of carboxylic acid groups (broad SMARTS) is 1. The highest BCUT2D eigenvalue weighted by Gasteiger charge is 2.35. The van der Waals surface area contributed by atoms with Gasteiger partial charge >= 0.3 is 5.97 Å². The first-order valence-corrected chi connectivity index (χ1v) is 6.30. The van der Waals surface area contributed by atoms with Crippen LogP contribution in [-0.4, -0.2) is 16.2 Å². The Bertz CT molecular complexity index is 716. The molecule has 0 spiro atoms. The molecule has 0 bridgehead atoms. The third-order valence-electron chi connectivity index (χ3n) is 3.57. The molecule has 1 aliphatic heterocycles. The quantitative estimate of drug-likeness (QED) is 0.833. The molecule has 4 nitrogen and oxygen atoms in total. The predicted octanol–water partition coefficient (Wildman–Crippen LogP) is 3.38. The Hall–Kier alpha value is -2.49. The van der Waals surface area contributed by atoms with Crippen LogP contribution in [0, 0.1) is 0 Å².